The van der Waals surface area contributed by atoms with Gasteiger partial charge in [0.05, 0.1) is 32.0 Å². The summed E-state index contributed by atoms with van der Waals surface area (Å²) in [6.07, 6.45) is -0.220. The molecule has 80 valence electrons. The molecule has 0 amide bonds. The van der Waals surface area contributed by atoms with E-state index in [9.17, 15) is 0 Å². The van der Waals surface area contributed by atoms with E-state index in [0.29, 0.717) is 13.2 Å². The number of halogens is 2. The fourth-order valence-corrected chi connectivity index (χ4v) is 0.783. The highest BCUT2D eigenvalue weighted by Gasteiger charge is 2.07. The van der Waals surface area contributed by atoms with Crippen molar-refractivity contribution in [2.75, 3.05) is 19.8 Å². The third kappa shape index (κ3) is 8.78. The maximum atomic E-state index is 8.66. The van der Waals surface area contributed by atoms with Crippen molar-refractivity contribution in [3.8, 4) is 0 Å². The van der Waals surface area contributed by atoms with Gasteiger partial charge in [-0.3, -0.25) is 0 Å². The van der Waals surface area contributed by atoms with Crippen LogP contribution < -0.4 is 0 Å². The summed E-state index contributed by atoms with van der Waals surface area (Å²) in [5.74, 6) is 0. The van der Waals surface area contributed by atoms with Gasteiger partial charge < -0.3 is 14.6 Å². The number of aliphatic hydroxyl groups excluding tert-OH is 1. The minimum absolute atomic E-state index is 0.0142. The van der Waals surface area contributed by atoms with E-state index in [2.05, 4.69) is 0 Å². The Morgan fingerprint density at radius 2 is 1.62 bits per heavy atom. The third-order valence-corrected chi connectivity index (χ3v) is 1.63. The lowest BCUT2D eigenvalue weighted by Gasteiger charge is -2.16. The molecule has 2 unspecified atom stereocenters. The first kappa shape index (κ1) is 13.5. The number of ether oxygens (including phenoxy) is 2. The highest BCUT2D eigenvalue weighted by molar-refractivity contribution is 6.44. The summed E-state index contributed by atoms with van der Waals surface area (Å²) in [4.78, 5) is -0.502. The van der Waals surface area contributed by atoms with Crippen molar-refractivity contribution in [1.82, 2.24) is 0 Å². The topological polar surface area (TPSA) is 38.7 Å². The number of hydrogen-bond acceptors (Lipinski definition) is 3. The molecule has 0 heterocycles. The number of alkyl halides is 2. The summed E-state index contributed by atoms with van der Waals surface area (Å²) in [6, 6.07) is 0. The van der Waals surface area contributed by atoms with E-state index >= 15 is 0 Å². The molecule has 1 N–H and O–H groups in total. The largest absolute Gasteiger partial charge is 0.394 e. The predicted octanol–water partition coefficient (Wildman–Crippen LogP) is 1.59. The Morgan fingerprint density at radius 1 is 1.08 bits per heavy atom. The minimum atomic E-state index is -0.502. The smallest absolute Gasteiger partial charge is 0.131 e. The SMILES string of the molecule is CC(CO)OCC(C)OCC(Cl)Cl. The first-order chi connectivity index (χ1) is 6.06. The number of hydrogen-bond donors (Lipinski definition) is 1. The molecule has 0 saturated carbocycles. The summed E-state index contributed by atoms with van der Waals surface area (Å²) in [5.41, 5.74) is 0. The maximum absolute atomic E-state index is 8.66. The van der Waals surface area contributed by atoms with E-state index in [1.165, 1.54) is 0 Å². The monoisotopic (exact) mass is 230 g/mol. The lowest BCUT2D eigenvalue weighted by atomic mass is 10.4. The second kappa shape index (κ2) is 7.83. The molecule has 0 radical (unpaired) electrons. The molecule has 3 nitrogen and oxygen atoms in total. The van der Waals surface area contributed by atoms with E-state index in [4.69, 9.17) is 37.8 Å². The van der Waals surface area contributed by atoms with Crippen molar-refractivity contribution >= 4 is 23.2 Å². The third-order valence-electron chi connectivity index (χ3n) is 1.38. The van der Waals surface area contributed by atoms with Gasteiger partial charge in [-0.05, 0) is 13.8 Å². The van der Waals surface area contributed by atoms with Gasteiger partial charge >= 0.3 is 0 Å². The van der Waals surface area contributed by atoms with Crippen LogP contribution in [0.5, 0.6) is 0 Å². The second-order valence-corrected chi connectivity index (χ2v) is 4.14. The van der Waals surface area contributed by atoms with Gasteiger partial charge in [-0.15, -0.1) is 23.2 Å². The van der Waals surface area contributed by atoms with Crippen molar-refractivity contribution in [3.05, 3.63) is 0 Å². The highest BCUT2D eigenvalue weighted by atomic mass is 35.5. The standard InChI is InChI=1S/C8H16Cl2O3/c1-6(3-11)12-4-7(2)13-5-8(9)10/h6-8,11H,3-5H2,1-2H3. The van der Waals surface area contributed by atoms with Crippen LogP contribution >= 0.6 is 23.2 Å². The van der Waals surface area contributed by atoms with Crippen LogP contribution in [0.3, 0.4) is 0 Å². The van der Waals surface area contributed by atoms with Crippen molar-refractivity contribution in [2.45, 2.75) is 30.9 Å². The lowest BCUT2D eigenvalue weighted by Crippen LogP contribution is -2.23. The average Bonchev–Trinajstić information content (AvgIpc) is 2.10. The number of rotatable bonds is 7. The Balaban J connectivity index is 3.34. The van der Waals surface area contributed by atoms with Crippen LogP contribution in [0.4, 0.5) is 0 Å². The Kier molecular flexibility index (Phi) is 8.10. The lowest BCUT2D eigenvalue weighted by molar-refractivity contribution is -0.0430. The molecule has 0 aliphatic carbocycles. The first-order valence-corrected chi connectivity index (χ1v) is 5.05. The van der Waals surface area contributed by atoms with Crippen molar-refractivity contribution in [2.24, 2.45) is 0 Å². The zero-order chi connectivity index (χ0) is 10.3. The quantitative estimate of drug-likeness (QED) is 0.676. The van der Waals surface area contributed by atoms with E-state index in [0.717, 1.165) is 0 Å². The van der Waals surface area contributed by atoms with Gasteiger partial charge in [-0.2, -0.15) is 0 Å². The summed E-state index contributed by atoms with van der Waals surface area (Å²) in [7, 11) is 0. The molecule has 0 saturated heterocycles. The van der Waals surface area contributed by atoms with Gasteiger partial charge in [0.2, 0.25) is 0 Å². The van der Waals surface area contributed by atoms with Gasteiger partial charge in [0.25, 0.3) is 0 Å². The zero-order valence-corrected chi connectivity index (χ0v) is 9.38. The fourth-order valence-electron chi connectivity index (χ4n) is 0.638. The van der Waals surface area contributed by atoms with Gasteiger partial charge in [-0.1, -0.05) is 0 Å². The van der Waals surface area contributed by atoms with E-state index in [1.807, 2.05) is 6.92 Å². The van der Waals surface area contributed by atoms with Crippen molar-refractivity contribution < 1.29 is 14.6 Å². The molecular weight excluding hydrogens is 215 g/mol. The zero-order valence-electron chi connectivity index (χ0n) is 7.87. The van der Waals surface area contributed by atoms with Crippen LogP contribution in [0, 0.1) is 0 Å². The van der Waals surface area contributed by atoms with Crippen molar-refractivity contribution in [1.29, 1.82) is 0 Å². The summed E-state index contributed by atoms with van der Waals surface area (Å²) in [5, 5.41) is 8.66. The maximum Gasteiger partial charge on any atom is 0.131 e. The molecule has 0 aliphatic rings. The van der Waals surface area contributed by atoms with E-state index in [1.54, 1.807) is 6.92 Å². The fraction of sp³-hybridized carbons (Fsp3) is 1.00. The molecule has 0 aromatic rings. The van der Waals surface area contributed by atoms with Gasteiger partial charge in [0, 0.05) is 0 Å². The normalized spacial score (nSPS) is 16.2. The molecule has 0 aliphatic heterocycles. The van der Waals surface area contributed by atoms with Crippen LogP contribution in [-0.4, -0.2) is 42.0 Å². The molecule has 13 heavy (non-hydrogen) atoms. The Hall–Kier alpha value is 0.460. The summed E-state index contributed by atoms with van der Waals surface area (Å²) < 4.78 is 10.5. The van der Waals surface area contributed by atoms with E-state index in [-0.39, 0.29) is 18.8 Å². The average molecular weight is 231 g/mol. The van der Waals surface area contributed by atoms with Crippen LogP contribution in [0.2, 0.25) is 0 Å². The van der Waals surface area contributed by atoms with Crippen LogP contribution in [-0.2, 0) is 9.47 Å². The Morgan fingerprint density at radius 3 is 2.08 bits per heavy atom. The van der Waals surface area contributed by atoms with Gasteiger partial charge in [-0.25, -0.2) is 0 Å². The molecule has 5 heteroatoms. The molecule has 0 fully saturated rings. The molecule has 0 aromatic carbocycles. The molecule has 0 bridgehead atoms. The summed E-state index contributed by atoms with van der Waals surface area (Å²) in [6.45, 7) is 4.39. The highest BCUT2D eigenvalue weighted by Crippen LogP contribution is 2.04. The van der Waals surface area contributed by atoms with Crippen LogP contribution in [0.1, 0.15) is 13.8 Å². The molecule has 0 aromatic heterocycles. The number of aliphatic hydroxyl groups is 1. The van der Waals surface area contributed by atoms with Gasteiger partial charge in [0.15, 0.2) is 0 Å². The van der Waals surface area contributed by atoms with Crippen LogP contribution in [0.15, 0.2) is 0 Å². The molecule has 0 spiro atoms. The Bertz CT molecular complexity index is 122. The second-order valence-electron chi connectivity index (χ2n) is 2.86. The molecule has 0 rings (SSSR count). The minimum Gasteiger partial charge on any atom is -0.394 e. The van der Waals surface area contributed by atoms with Crippen molar-refractivity contribution in [3.63, 3.8) is 0 Å². The van der Waals surface area contributed by atoms with Crippen LogP contribution in [0.25, 0.3) is 0 Å². The first-order valence-electron chi connectivity index (χ1n) is 4.18. The predicted molar refractivity (Wildman–Crippen MR) is 53.4 cm³/mol. The summed E-state index contributed by atoms with van der Waals surface area (Å²) >= 11 is 10.9. The van der Waals surface area contributed by atoms with E-state index < -0.39 is 4.84 Å². The van der Waals surface area contributed by atoms with Gasteiger partial charge in [0.1, 0.15) is 4.84 Å². The molecular formula is C8H16Cl2O3. The molecule has 2 atom stereocenters. The Labute approximate surface area is 88.9 Å².